The molecule has 4 nitrogen and oxygen atoms in total. The van der Waals surface area contributed by atoms with Crippen molar-refractivity contribution in [2.24, 2.45) is 0 Å². The van der Waals surface area contributed by atoms with Gasteiger partial charge in [-0.3, -0.25) is 0 Å². The molecule has 0 fully saturated rings. The predicted molar refractivity (Wildman–Crippen MR) is 107 cm³/mol. The number of benzene rings is 3. The summed E-state index contributed by atoms with van der Waals surface area (Å²) in [6, 6.07) is 21.8. The maximum absolute atomic E-state index is 10.2. The van der Waals surface area contributed by atoms with Crippen LogP contribution in [0, 0.1) is 0 Å². The van der Waals surface area contributed by atoms with Crippen molar-refractivity contribution in [1.82, 2.24) is 0 Å². The number of pyridine rings is 1. The average molecular weight is 370 g/mol. The maximum Gasteiger partial charge on any atom is 0.213 e. The van der Waals surface area contributed by atoms with Crippen molar-refractivity contribution in [3.8, 4) is 28.5 Å². The van der Waals surface area contributed by atoms with Gasteiger partial charge in [-0.25, -0.2) is 0 Å². The normalized spacial score (nSPS) is 12.4. The molecule has 28 heavy (non-hydrogen) atoms. The van der Waals surface area contributed by atoms with Gasteiger partial charge in [-0.1, -0.05) is 30.3 Å². The first kappa shape index (κ1) is 16.6. The van der Waals surface area contributed by atoms with E-state index in [0.29, 0.717) is 12.0 Å². The van der Waals surface area contributed by atoms with Crippen molar-refractivity contribution in [2.75, 3.05) is 0 Å². The molecular weight excluding hydrogens is 350 g/mol. The lowest BCUT2D eigenvalue weighted by Crippen LogP contribution is -2.39. The molecule has 1 aliphatic rings. The zero-order valence-electron chi connectivity index (χ0n) is 15.3. The van der Waals surface area contributed by atoms with Gasteiger partial charge in [-0.15, -0.1) is 0 Å². The Kier molecular flexibility index (Phi) is 3.90. The summed E-state index contributed by atoms with van der Waals surface area (Å²) in [5, 5.41) is 21.5. The number of phenolic OH excluding ortho intramolecular Hbond substituents is 2. The fourth-order valence-corrected chi connectivity index (χ4v) is 3.85. The van der Waals surface area contributed by atoms with Crippen LogP contribution >= 0.6 is 0 Å². The molecule has 0 bridgehead atoms. The third-order valence-corrected chi connectivity index (χ3v) is 5.34. The minimum atomic E-state index is -0.0931. The fraction of sp³-hybridized carbons (Fsp3) is 0.125. The van der Waals surface area contributed by atoms with E-state index in [1.807, 2.05) is 36.5 Å². The number of fused-ring (bicyclic) bond motifs is 4. The van der Waals surface area contributed by atoms with E-state index in [0.717, 1.165) is 35.4 Å². The summed E-state index contributed by atoms with van der Waals surface area (Å²) in [6.07, 6.45) is 2.81. The van der Waals surface area contributed by atoms with Crippen LogP contribution < -0.4 is 9.30 Å². The van der Waals surface area contributed by atoms with Crippen LogP contribution in [0.2, 0.25) is 0 Å². The van der Waals surface area contributed by atoms with Gasteiger partial charge in [-0.05, 0) is 46.8 Å². The molecule has 4 heteroatoms. The number of aryl methyl sites for hydroxylation is 2. The van der Waals surface area contributed by atoms with Gasteiger partial charge in [0.1, 0.15) is 12.4 Å². The quantitative estimate of drug-likeness (QED) is 0.417. The molecule has 0 saturated heterocycles. The molecule has 2 heterocycles. The van der Waals surface area contributed by atoms with Crippen molar-refractivity contribution >= 4 is 10.8 Å². The van der Waals surface area contributed by atoms with Crippen LogP contribution in [0.25, 0.3) is 22.0 Å². The highest BCUT2D eigenvalue weighted by Gasteiger charge is 2.25. The number of hydrogen-bond acceptors (Lipinski definition) is 3. The van der Waals surface area contributed by atoms with Crippen molar-refractivity contribution in [1.29, 1.82) is 0 Å². The van der Waals surface area contributed by atoms with Gasteiger partial charge in [0.15, 0.2) is 24.2 Å². The minimum absolute atomic E-state index is 0.0664. The van der Waals surface area contributed by atoms with Gasteiger partial charge in [-0.2, -0.15) is 4.57 Å². The first-order chi connectivity index (χ1) is 13.7. The molecule has 0 radical (unpaired) electrons. The SMILES string of the molecule is Oc1ccc2cc3[n+](cc2c1O)CCc1cc(OCc2ccccc2)ccc1-3. The highest BCUT2D eigenvalue weighted by Crippen LogP contribution is 2.36. The third kappa shape index (κ3) is 2.83. The number of hydrogen-bond donors (Lipinski definition) is 2. The third-order valence-electron chi connectivity index (χ3n) is 5.34. The fourth-order valence-electron chi connectivity index (χ4n) is 3.85. The van der Waals surface area contributed by atoms with E-state index in [2.05, 4.69) is 34.9 Å². The molecular formula is C24H20NO3+. The Hall–Kier alpha value is -3.53. The average Bonchev–Trinajstić information content (AvgIpc) is 2.74. The van der Waals surface area contributed by atoms with Crippen LogP contribution in [-0.2, 0) is 19.6 Å². The highest BCUT2D eigenvalue weighted by molar-refractivity contribution is 5.91. The van der Waals surface area contributed by atoms with Gasteiger partial charge in [0.05, 0.1) is 5.39 Å². The Balaban J connectivity index is 1.49. The van der Waals surface area contributed by atoms with E-state index in [-0.39, 0.29) is 11.5 Å². The summed E-state index contributed by atoms with van der Waals surface area (Å²) in [6.45, 7) is 1.37. The second kappa shape index (κ2) is 6.57. The standard InChI is InChI=1S/C24H19NO3/c26-23-9-6-17-13-22-20-8-7-19(28-15-16-4-2-1-3-5-16)12-18(20)10-11-25(22)14-21(17)24(23)27/h1-9,12-14,26H,10-11,15H2/p+1. The van der Waals surface area contributed by atoms with Gasteiger partial charge in [0.25, 0.3) is 0 Å². The Morgan fingerprint density at radius 3 is 2.64 bits per heavy atom. The molecule has 2 N–H and O–H groups in total. The summed E-state index contributed by atoms with van der Waals surface area (Å²) in [4.78, 5) is 0. The van der Waals surface area contributed by atoms with Crippen LogP contribution in [0.5, 0.6) is 17.2 Å². The topological polar surface area (TPSA) is 53.6 Å². The molecule has 0 unspecified atom stereocenters. The smallest absolute Gasteiger partial charge is 0.213 e. The van der Waals surface area contributed by atoms with E-state index >= 15 is 0 Å². The summed E-state index contributed by atoms with van der Waals surface area (Å²) in [7, 11) is 0. The molecule has 0 saturated carbocycles. The molecule has 4 aromatic rings. The first-order valence-electron chi connectivity index (χ1n) is 9.37. The van der Waals surface area contributed by atoms with Crippen molar-refractivity contribution in [3.05, 3.63) is 84.1 Å². The number of rotatable bonds is 3. The number of ether oxygens (including phenoxy) is 1. The van der Waals surface area contributed by atoms with E-state index in [1.54, 1.807) is 0 Å². The summed E-state index contributed by atoms with van der Waals surface area (Å²) in [5.74, 6) is 0.715. The van der Waals surface area contributed by atoms with E-state index < -0.39 is 0 Å². The zero-order valence-corrected chi connectivity index (χ0v) is 15.3. The lowest BCUT2D eigenvalue weighted by molar-refractivity contribution is -0.686. The van der Waals surface area contributed by atoms with Crippen molar-refractivity contribution in [2.45, 2.75) is 19.6 Å². The van der Waals surface area contributed by atoms with Gasteiger partial charge in [0.2, 0.25) is 5.69 Å². The monoisotopic (exact) mass is 370 g/mol. The second-order valence-corrected chi connectivity index (χ2v) is 7.13. The number of phenols is 2. The molecule has 3 aromatic carbocycles. The lowest BCUT2D eigenvalue weighted by Gasteiger charge is -2.17. The first-order valence-corrected chi connectivity index (χ1v) is 9.37. The van der Waals surface area contributed by atoms with E-state index in [4.69, 9.17) is 4.74 Å². The largest absolute Gasteiger partial charge is 0.504 e. The summed E-state index contributed by atoms with van der Waals surface area (Å²) in [5.41, 5.74) is 4.68. The van der Waals surface area contributed by atoms with Gasteiger partial charge < -0.3 is 14.9 Å². The molecule has 138 valence electrons. The number of nitrogens with zero attached hydrogens (tertiary/aromatic N) is 1. The van der Waals surface area contributed by atoms with E-state index in [9.17, 15) is 10.2 Å². The molecule has 0 aliphatic carbocycles. The van der Waals surface area contributed by atoms with Gasteiger partial charge >= 0.3 is 0 Å². The minimum Gasteiger partial charge on any atom is -0.504 e. The lowest BCUT2D eigenvalue weighted by atomic mass is 9.95. The number of aromatic nitrogens is 1. The summed E-state index contributed by atoms with van der Waals surface area (Å²) < 4.78 is 8.11. The second-order valence-electron chi connectivity index (χ2n) is 7.13. The van der Waals surface area contributed by atoms with Gasteiger partial charge in [0, 0.05) is 18.1 Å². The van der Waals surface area contributed by atoms with Crippen LogP contribution in [-0.4, -0.2) is 10.2 Å². The van der Waals surface area contributed by atoms with Crippen LogP contribution in [0.4, 0.5) is 0 Å². The van der Waals surface area contributed by atoms with Crippen LogP contribution in [0.3, 0.4) is 0 Å². The molecule has 0 atom stereocenters. The van der Waals surface area contributed by atoms with E-state index in [1.165, 1.54) is 17.2 Å². The maximum atomic E-state index is 10.2. The number of aromatic hydroxyl groups is 2. The Morgan fingerprint density at radius 1 is 0.929 bits per heavy atom. The molecule has 1 aromatic heterocycles. The van der Waals surface area contributed by atoms with Crippen molar-refractivity contribution < 1.29 is 19.5 Å². The Bertz CT molecular complexity index is 1190. The van der Waals surface area contributed by atoms with Crippen molar-refractivity contribution in [3.63, 3.8) is 0 Å². The predicted octanol–water partition coefficient (Wildman–Crippen LogP) is 4.34. The molecule has 0 amide bonds. The molecule has 1 aliphatic heterocycles. The highest BCUT2D eigenvalue weighted by atomic mass is 16.5. The molecule has 5 rings (SSSR count). The van der Waals surface area contributed by atoms with Crippen LogP contribution in [0.15, 0.2) is 72.9 Å². The molecule has 0 spiro atoms. The Labute approximate surface area is 162 Å². The van der Waals surface area contributed by atoms with Crippen LogP contribution in [0.1, 0.15) is 11.1 Å². The zero-order chi connectivity index (χ0) is 19.1. The summed E-state index contributed by atoms with van der Waals surface area (Å²) >= 11 is 0. The Morgan fingerprint density at radius 2 is 1.79 bits per heavy atom.